The summed E-state index contributed by atoms with van der Waals surface area (Å²) in [6.07, 6.45) is 0.193. The summed E-state index contributed by atoms with van der Waals surface area (Å²) in [5, 5.41) is 2.90. The Kier molecular flexibility index (Phi) is 5.57. The topological polar surface area (TPSA) is 47.6 Å². The Bertz CT molecular complexity index is 670. The van der Waals surface area contributed by atoms with Crippen LogP contribution in [0.15, 0.2) is 42.5 Å². The first-order valence-corrected chi connectivity index (χ1v) is 7.29. The van der Waals surface area contributed by atoms with Crippen LogP contribution in [0.25, 0.3) is 0 Å². The average molecular weight is 317 g/mol. The quantitative estimate of drug-likeness (QED) is 0.889. The van der Waals surface area contributed by atoms with Crippen LogP contribution in [-0.4, -0.2) is 20.1 Å². The van der Waals surface area contributed by atoms with Crippen molar-refractivity contribution in [2.24, 2.45) is 0 Å². The van der Waals surface area contributed by atoms with Crippen molar-refractivity contribution in [2.75, 3.05) is 14.2 Å². The van der Waals surface area contributed by atoms with Crippen LogP contribution in [0.5, 0.6) is 11.5 Å². The molecule has 1 atom stereocenters. The zero-order valence-corrected chi connectivity index (χ0v) is 13.4. The van der Waals surface area contributed by atoms with Crippen molar-refractivity contribution in [1.82, 2.24) is 5.32 Å². The van der Waals surface area contributed by atoms with Gasteiger partial charge in [-0.05, 0) is 30.7 Å². The van der Waals surface area contributed by atoms with Crippen LogP contribution in [0.4, 0.5) is 4.39 Å². The van der Waals surface area contributed by atoms with Crippen molar-refractivity contribution in [1.29, 1.82) is 0 Å². The van der Waals surface area contributed by atoms with Crippen LogP contribution in [0.2, 0.25) is 0 Å². The van der Waals surface area contributed by atoms with Crippen molar-refractivity contribution in [2.45, 2.75) is 19.4 Å². The molecular formula is C18H20FNO3. The zero-order valence-electron chi connectivity index (χ0n) is 13.4. The molecular weight excluding hydrogens is 297 g/mol. The van der Waals surface area contributed by atoms with Crippen LogP contribution < -0.4 is 14.8 Å². The maximum Gasteiger partial charge on any atom is 0.225 e. The van der Waals surface area contributed by atoms with E-state index in [0.717, 1.165) is 11.1 Å². The highest BCUT2D eigenvalue weighted by atomic mass is 19.1. The van der Waals surface area contributed by atoms with Gasteiger partial charge in [0, 0.05) is 11.6 Å². The van der Waals surface area contributed by atoms with E-state index in [1.54, 1.807) is 44.6 Å². The van der Waals surface area contributed by atoms with Gasteiger partial charge in [-0.25, -0.2) is 4.39 Å². The molecule has 0 aromatic heterocycles. The Labute approximate surface area is 135 Å². The standard InChI is InChI=1S/C18H20FNO3/c1-12(13-4-7-15(19)8-5-13)20-18(21)10-14-6-9-16(22-2)11-17(14)23-3/h4-9,11-12H,10H2,1-3H3,(H,20,21). The van der Waals surface area contributed by atoms with E-state index in [1.165, 1.54) is 12.1 Å². The Morgan fingerprint density at radius 2 is 1.83 bits per heavy atom. The molecule has 0 bridgehead atoms. The van der Waals surface area contributed by atoms with Gasteiger partial charge in [0.05, 0.1) is 26.7 Å². The first-order valence-electron chi connectivity index (χ1n) is 7.29. The van der Waals surface area contributed by atoms with Gasteiger partial charge in [-0.3, -0.25) is 4.79 Å². The van der Waals surface area contributed by atoms with Gasteiger partial charge in [0.1, 0.15) is 17.3 Å². The van der Waals surface area contributed by atoms with E-state index in [9.17, 15) is 9.18 Å². The zero-order chi connectivity index (χ0) is 16.8. The smallest absolute Gasteiger partial charge is 0.225 e. The monoisotopic (exact) mass is 317 g/mol. The number of halogens is 1. The summed E-state index contributed by atoms with van der Waals surface area (Å²) < 4.78 is 23.4. The highest BCUT2D eigenvalue weighted by Gasteiger charge is 2.13. The van der Waals surface area contributed by atoms with E-state index in [2.05, 4.69) is 5.32 Å². The SMILES string of the molecule is COc1ccc(CC(=O)NC(C)c2ccc(F)cc2)c(OC)c1. The van der Waals surface area contributed by atoms with Crippen molar-refractivity contribution in [3.63, 3.8) is 0 Å². The minimum atomic E-state index is -0.296. The number of benzene rings is 2. The highest BCUT2D eigenvalue weighted by Crippen LogP contribution is 2.25. The van der Waals surface area contributed by atoms with Gasteiger partial charge in [-0.15, -0.1) is 0 Å². The number of methoxy groups -OCH3 is 2. The van der Waals surface area contributed by atoms with Crippen LogP contribution in [0.1, 0.15) is 24.1 Å². The molecule has 1 unspecified atom stereocenters. The third-order valence-corrected chi connectivity index (χ3v) is 3.59. The lowest BCUT2D eigenvalue weighted by molar-refractivity contribution is -0.121. The highest BCUT2D eigenvalue weighted by molar-refractivity contribution is 5.79. The van der Waals surface area contributed by atoms with Gasteiger partial charge < -0.3 is 14.8 Å². The molecule has 2 aromatic rings. The van der Waals surface area contributed by atoms with Crippen LogP contribution in [-0.2, 0) is 11.2 Å². The molecule has 1 amide bonds. The lowest BCUT2D eigenvalue weighted by Gasteiger charge is -2.15. The largest absolute Gasteiger partial charge is 0.497 e. The lowest BCUT2D eigenvalue weighted by Crippen LogP contribution is -2.28. The lowest BCUT2D eigenvalue weighted by atomic mass is 10.1. The number of hydrogen-bond donors (Lipinski definition) is 1. The third kappa shape index (κ3) is 4.45. The summed E-state index contributed by atoms with van der Waals surface area (Å²) in [7, 11) is 3.13. The van der Waals surface area contributed by atoms with Crippen LogP contribution in [0, 0.1) is 5.82 Å². The van der Waals surface area contributed by atoms with E-state index in [0.29, 0.717) is 11.5 Å². The van der Waals surface area contributed by atoms with E-state index >= 15 is 0 Å². The fraction of sp³-hybridized carbons (Fsp3) is 0.278. The number of amides is 1. The summed E-state index contributed by atoms with van der Waals surface area (Å²) in [6, 6.07) is 11.2. The molecule has 0 aliphatic heterocycles. The molecule has 0 aliphatic rings. The van der Waals surface area contributed by atoms with Gasteiger partial charge in [0.2, 0.25) is 5.91 Å². The summed E-state index contributed by atoms with van der Waals surface area (Å²) in [5.74, 6) is 0.847. The number of carbonyl (C=O) groups is 1. The third-order valence-electron chi connectivity index (χ3n) is 3.59. The minimum absolute atomic E-state index is 0.134. The first kappa shape index (κ1) is 16.8. The van der Waals surface area contributed by atoms with Crippen molar-refractivity contribution in [3.8, 4) is 11.5 Å². The van der Waals surface area contributed by atoms with E-state index < -0.39 is 0 Å². The minimum Gasteiger partial charge on any atom is -0.497 e. The number of nitrogens with one attached hydrogen (secondary N) is 1. The number of rotatable bonds is 6. The maximum atomic E-state index is 12.9. The Morgan fingerprint density at radius 1 is 1.13 bits per heavy atom. The fourth-order valence-corrected chi connectivity index (χ4v) is 2.30. The van der Waals surface area contributed by atoms with Crippen LogP contribution >= 0.6 is 0 Å². The molecule has 2 rings (SSSR count). The predicted octanol–water partition coefficient (Wildman–Crippen LogP) is 3.26. The van der Waals surface area contributed by atoms with Gasteiger partial charge in [0.25, 0.3) is 0 Å². The Hall–Kier alpha value is -2.56. The molecule has 2 aromatic carbocycles. The molecule has 0 saturated heterocycles. The molecule has 0 radical (unpaired) electrons. The second kappa shape index (κ2) is 7.63. The molecule has 5 heteroatoms. The van der Waals surface area contributed by atoms with E-state index in [1.807, 2.05) is 6.92 Å². The summed E-state index contributed by atoms with van der Waals surface area (Å²) in [4.78, 5) is 12.2. The normalized spacial score (nSPS) is 11.7. The number of carbonyl (C=O) groups excluding carboxylic acids is 1. The number of hydrogen-bond acceptors (Lipinski definition) is 3. The van der Waals surface area contributed by atoms with Gasteiger partial charge in [-0.1, -0.05) is 18.2 Å². The molecule has 122 valence electrons. The van der Waals surface area contributed by atoms with Gasteiger partial charge in [-0.2, -0.15) is 0 Å². The average Bonchev–Trinajstić information content (AvgIpc) is 2.55. The van der Waals surface area contributed by atoms with E-state index in [-0.39, 0.29) is 24.2 Å². The summed E-state index contributed by atoms with van der Waals surface area (Å²) in [5.41, 5.74) is 1.62. The van der Waals surface area contributed by atoms with Crippen LogP contribution in [0.3, 0.4) is 0 Å². The second-order valence-corrected chi connectivity index (χ2v) is 5.20. The molecule has 1 N–H and O–H groups in total. The fourth-order valence-electron chi connectivity index (χ4n) is 2.30. The summed E-state index contributed by atoms with van der Waals surface area (Å²) >= 11 is 0. The molecule has 4 nitrogen and oxygen atoms in total. The van der Waals surface area contributed by atoms with Crippen molar-refractivity contribution < 1.29 is 18.7 Å². The second-order valence-electron chi connectivity index (χ2n) is 5.20. The molecule has 0 fully saturated rings. The summed E-state index contributed by atoms with van der Waals surface area (Å²) in [6.45, 7) is 1.86. The molecule has 0 spiro atoms. The molecule has 23 heavy (non-hydrogen) atoms. The van der Waals surface area contributed by atoms with Crippen molar-refractivity contribution >= 4 is 5.91 Å². The van der Waals surface area contributed by atoms with Gasteiger partial charge >= 0.3 is 0 Å². The number of ether oxygens (including phenoxy) is 2. The predicted molar refractivity (Wildman–Crippen MR) is 86.2 cm³/mol. The van der Waals surface area contributed by atoms with Crippen molar-refractivity contribution in [3.05, 3.63) is 59.4 Å². The Balaban J connectivity index is 2.03. The molecule has 0 heterocycles. The Morgan fingerprint density at radius 3 is 2.43 bits per heavy atom. The first-order chi connectivity index (χ1) is 11.0. The molecule has 0 aliphatic carbocycles. The maximum absolute atomic E-state index is 12.9. The van der Waals surface area contributed by atoms with E-state index in [4.69, 9.17) is 9.47 Å². The molecule has 0 saturated carbocycles. The van der Waals surface area contributed by atoms with Gasteiger partial charge in [0.15, 0.2) is 0 Å².